The number of benzene rings is 1. The van der Waals surface area contributed by atoms with Crippen molar-refractivity contribution in [2.24, 2.45) is 0 Å². The molecule has 2 amide bonds. The third-order valence-corrected chi connectivity index (χ3v) is 6.23. The lowest BCUT2D eigenvalue weighted by Crippen LogP contribution is -2.53. The van der Waals surface area contributed by atoms with E-state index in [1.165, 1.54) is 28.4 Å². The van der Waals surface area contributed by atoms with Crippen molar-refractivity contribution >= 4 is 28.9 Å². The van der Waals surface area contributed by atoms with Crippen LogP contribution < -0.4 is 10.1 Å². The number of nitrogens with one attached hydrogen (secondary N) is 1. The molecule has 1 aromatic carbocycles. The van der Waals surface area contributed by atoms with E-state index in [2.05, 4.69) is 10.1 Å². The molecule has 32 heavy (non-hydrogen) atoms. The summed E-state index contributed by atoms with van der Waals surface area (Å²) >= 11 is 1.42. The van der Waals surface area contributed by atoms with E-state index < -0.39 is 36.0 Å². The van der Waals surface area contributed by atoms with Crippen molar-refractivity contribution in [2.75, 3.05) is 13.2 Å². The molecular formula is C21H19F3N2O5S. The summed E-state index contributed by atoms with van der Waals surface area (Å²) in [7, 11) is 0. The third-order valence-electron chi connectivity index (χ3n) is 5.33. The van der Waals surface area contributed by atoms with Crippen molar-refractivity contribution in [2.45, 2.75) is 37.4 Å². The molecule has 11 heteroatoms. The zero-order chi connectivity index (χ0) is 22.9. The maximum Gasteiger partial charge on any atom is 0.573 e. The summed E-state index contributed by atoms with van der Waals surface area (Å²) in [6, 6.07) is 6.48. The molecule has 7 nitrogen and oxygen atoms in total. The number of amides is 2. The van der Waals surface area contributed by atoms with Gasteiger partial charge in [0.1, 0.15) is 24.4 Å². The Hall–Kier alpha value is -2.92. The first-order valence-corrected chi connectivity index (χ1v) is 10.7. The molecule has 2 aliphatic heterocycles. The van der Waals surface area contributed by atoms with E-state index in [1.807, 2.05) is 17.5 Å². The monoisotopic (exact) mass is 468 g/mol. The first-order valence-electron chi connectivity index (χ1n) is 9.85. The zero-order valence-corrected chi connectivity index (χ0v) is 17.4. The normalized spacial score (nSPS) is 21.3. The first-order chi connectivity index (χ1) is 15.2. The van der Waals surface area contributed by atoms with E-state index in [1.54, 1.807) is 0 Å². The van der Waals surface area contributed by atoms with E-state index >= 15 is 0 Å². The fraction of sp³-hybridized carbons (Fsp3) is 0.381. The summed E-state index contributed by atoms with van der Waals surface area (Å²) in [5, 5.41) is 4.52. The highest BCUT2D eigenvalue weighted by Gasteiger charge is 2.48. The summed E-state index contributed by atoms with van der Waals surface area (Å²) in [6.07, 6.45) is -4.40. The molecule has 3 atom stereocenters. The lowest BCUT2D eigenvalue weighted by molar-refractivity contribution is -0.274. The molecule has 2 saturated heterocycles. The van der Waals surface area contributed by atoms with Gasteiger partial charge in [-0.25, -0.2) is 0 Å². The minimum Gasteiger partial charge on any atom is -0.406 e. The number of likely N-dealkylation sites (tertiary alicyclic amines) is 1. The SMILES string of the molecule is O=C(NC(Cc1cccs1)C(=O)N1CCC2OCC(=O)C21)c1ccc(OC(F)(F)F)cc1. The van der Waals surface area contributed by atoms with Gasteiger partial charge in [0.25, 0.3) is 5.91 Å². The molecule has 0 radical (unpaired) electrons. The largest absolute Gasteiger partial charge is 0.573 e. The maximum atomic E-state index is 13.3. The van der Waals surface area contributed by atoms with Gasteiger partial charge in [-0.05, 0) is 42.1 Å². The van der Waals surface area contributed by atoms with E-state index in [4.69, 9.17) is 4.74 Å². The van der Waals surface area contributed by atoms with Gasteiger partial charge in [0.2, 0.25) is 5.91 Å². The average Bonchev–Trinajstić information content (AvgIpc) is 3.46. The molecule has 0 spiro atoms. The van der Waals surface area contributed by atoms with Crippen LogP contribution in [0.4, 0.5) is 13.2 Å². The van der Waals surface area contributed by atoms with Crippen LogP contribution in [0.3, 0.4) is 0 Å². The van der Waals surface area contributed by atoms with Gasteiger partial charge in [-0.2, -0.15) is 0 Å². The highest BCUT2D eigenvalue weighted by Crippen LogP contribution is 2.28. The average molecular weight is 468 g/mol. The molecule has 170 valence electrons. The molecule has 1 aromatic heterocycles. The molecule has 2 aromatic rings. The molecule has 1 N–H and O–H groups in total. The van der Waals surface area contributed by atoms with Crippen LogP contribution in [0, 0.1) is 0 Å². The summed E-state index contributed by atoms with van der Waals surface area (Å²) in [6.45, 7) is 0.313. The summed E-state index contributed by atoms with van der Waals surface area (Å²) in [5.74, 6) is -1.64. The number of carbonyl (C=O) groups excluding carboxylic acids is 3. The Kier molecular flexibility index (Phi) is 6.20. The number of hydrogen-bond donors (Lipinski definition) is 1. The number of hydrogen-bond acceptors (Lipinski definition) is 6. The van der Waals surface area contributed by atoms with Crippen molar-refractivity contribution in [1.29, 1.82) is 0 Å². The predicted octanol–water partition coefficient (Wildman–Crippen LogP) is 2.56. The number of ketones is 1. The van der Waals surface area contributed by atoms with Gasteiger partial charge in [0.05, 0.1) is 6.10 Å². The van der Waals surface area contributed by atoms with Crippen LogP contribution in [0.1, 0.15) is 21.7 Å². The molecule has 0 saturated carbocycles. The fourth-order valence-corrected chi connectivity index (χ4v) is 4.67. The molecule has 4 rings (SSSR count). The van der Waals surface area contributed by atoms with Crippen LogP contribution in [0.5, 0.6) is 5.75 Å². The molecule has 2 fully saturated rings. The number of rotatable bonds is 6. The standard InChI is InChI=1S/C21H19F3N2O5S/c22-21(23,24)31-13-5-3-12(4-6-13)19(28)25-15(10-14-2-1-9-32-14)20(29)26-8-7-17-18(26)16(27)11-30-17/h1-6,9,15,17-18H,7-8,10-11H2,(H,25,28). The summed E-state index contributed by atoms with van der Waals surface area (Å²) < 4.78 is 46.2. The van der Waals surface area contributed by atoms with Crippen molar-refractivity contribution < 1.29 is 37.0 Å². The van der Waals surface area contributed by atoms with E-state index in [0.29, 0.717) is 13.0 Å². The Morgan fingerprint density at radius 2 is 2.00 bits per heavy atom. The maximum absolute atomic E-state index is 13.3. The van der Waals surface area contributed by atoms with Gasteiger partial charge in [0, 0.05) is 23.4 Å². The molecular weight excluding hydrogens is 449 g/mol. The lowest BCUT2D eigenvalue weighted by atomic mass is 10.1. The van der Waals surface area contributed by atoms with Crippen LogP contribution in [-0.2, 0) is 20.7 Å². The molecule has 2 aliphatic rings. The van der Waals surface area contributed by atoms with E-state index in [9.17, 15) is 27.6 Å². The Labute approximate surface area is 185 Å². The second-order valence-electron chi connectivity index (χ2n) is 7.46. The Balaban J connectivity index is 1.50. The Morgan fingerprint density at radius 3 is 2.66 bits per heavy atom. The van der Waals surface area contributed by atoms with Gasteiger partial charge >= 0.3 is 6.36 Å². The van der Waals surface area contributed by atoms with Crippen molar-refractivity contribution in [3.8, 4) is 5.75 Å². The van der Waals surface area contributed by atoms with Crippen molar-refractivity contribution in [3.05, 3.63) is 52.2 Å². The Morgan fingerprint density at radius 1 is 1.25 bits per heavy atom. The van der Waals surface area contributed by atoms with Gasteiger partial charge in [-0.1, -0.05) is 6.07 Å². The van der Waals surface area contributed by atoms with Crippen LogP contribution in [0.2, 0.25) is 0 Å². The predicted molar refractivity (Wildman–Crippen MR) is 107 cm³/mol. The number of ether oxygens (including phenoxy) is 2. The van der Waals surface area contributed by atoms with Crippen LogP contribution >= 0.6 is 11.3 Å². The topological polar surface area (TPSA) is 84.9 Å². The minimum atomic E-state index is -4.84. The van der Waals surface area contributed by atoms with Gasteiger partial charge in [0.15, 0.2) is 5.78 Å². The molecule has 0 aliphatic carbocycles. The zero-order valence-electron chi connectivity index (χ0n) is 16.6. The summed E-state index contributed by atoms with van der Waals surface area (Å²) in [4.78, 5) is 40.6. The highest BCUT2D eigenvalue weighted by molar-refractivity contribution is 7.09. The molecule has 3 heterocycles. The molecule has 3 unspecified atom stereocenters. The van der Waals surface area contributed by atoms with Gasteiger partial charge < -0.3 is 19.7 Å². The smallest absolute Gasteiger partial charge is 0.406 e. The number of nitrogens with zero attached hydrogens (tertiary/aromatic N) is 1. The lowest BCUT2D eigenvalue weighted by Gasteiger charge is -2.27. The number of Topliss-reactive ketones (excluding diaryl/α,β-unsaturated/α-hetero) is 1. The second-order valence-corrected chi connectivity index (χ2v) is 8.49. The first kappa shape index (κ1) is 22.3. The minimum absolute atomic E-state index is 0.0343. The van der Waals surface area contributed by atoms with Crippen LogP contribution in [0.25, 0.3) is 0 Å². The van der Waals surface area contributed by atoms with Crippen LogP contribution in [-0.4, -0.2) is 60.2 Å². The Bertz CT molecular complexity index is 994. The quantitative estimate of drug-likeness (QED) is 0.705. The van der Waals surface area contributed by atoms with E-state index in [-0.39, 0.29) is 30.5 Å². The number of halogens is 3. The number of carbonyl (C=O) groups is 3. The number of fused-ring (bicyclic) bond motifs is 1. The molecule has 0 bridgehead atoms. The van der Waals surface area contributed by atoms with Gasteiger partial charge in [-0.15, -0.1) is 24.5 Å². The third kappa shape index (κ3) is 4.94. The van der Waals surface area contributed by atoms with Crippen molar-refractivity contribution in [1.82, 2.24) is 10.2 Å². The van der Waals surface area contributed by atoms with Crippen LogP contribution in [0.15, 0.2) is 41.8 Å². The summed E-state index contributed by atoms with van der Waals surface area (Å²) in [5.41, 5.74) is 0.0723. The number of alkyl halides is 3. The van der Waals surface area contributed by atoms with Crippen molar-refractivity contribution in [3.63, 3.8) is 0 Å². The fourth-order valence-electron chi connectivity index (χ4n) is 3.92. The highest BCUT2D eigenvalue weighted by atomic mass is 32.1. The number of thiophene rings is 1. The second kappa shape index (κ2) is 8.91. The van der Waals surface area contributed by atoms with Gasteiger partial charge in [-0.3, -0.25) is 14.4 Å². The van der Waals surface area contributed by atoms with E-state index in [0.717, 1.165) is 17.0 Å².